The summed E-state index contributed by atoms with van der Waals surface area (Å²) >= 11 is 5.55. The van der Waals surface area contributed by atoms with Crippen molar-refractivity contribution in [3.05, 3.63) is 41.0 Å². The van der Waals surface area contributed by atoms with Gasteiger partial charge < -0.3 is 9.26 Å². The van der Waals surface area contributed by atoms with Crippen LogP contribution in [0.25, 0.3) is 0 Å². The molecule has 2 heterocycles. The Labute approximate surface area is 90.8 Å². The van der Waals surface area contributed by atoms with Gasteiger partial charge in [-0.25, -0.2) is 0 Å². The normalized spacial score (nSPS) is 18.6. The van der Waals surface area contributed by atoms with E-state index in [1.165, 1.54) is 0 Å². The average Bonchev–Trinajstić information content (AvgIpc) is 2.82. The molecule has 0 fully saturated rings. The van der Waals surface area contributed by atoms with E-state index in [0.29, 0.717) is 5.82 Å². The molecule has 0 bridgehead atoms. The summed E-state index contributed by atoms with van der Waals surface area (Å²) in [5, 5.41) is 3.78. The molecule has 2 aromatic rings. The zero-order chi connectivity index (χ0) is 10.3. The van der Waals surface area contributed by atoms with Crippen LogP contribution >= 0.6 is 11.6 Å². The van der Waals surface area contributed by atoms with Crippen molar-refractivity contribution in [3.8, 4) is 5.75 Å². The molecular formula is C10H7ClN2O2. The highest BCUT2D eigenvalue weighted by molar-refractivity contribution is 6.27. The smallest absolute Gasteiger partial charge is 0.320 e. The molecule has 1 aromatic heterocycles. The third-order valence-corrected chi connectivity index (χ3v) is 2.51. The van der Waals surface area contributed by atoms with Gasteiger partial charge in [-0.05, 0) is 23.2 Å². The van der Waals surface area contributed by atoms with Crippen LogP contribution < -0.4 is 4.74 Å². The molecule has 0 saturated carbocycles. The van der Waals surface area contributed by atoms with Crippen LogP contribution in [0.4, 0.5) is 0 Å². The minimum atomic E-state index is -0.182. The highest BCUT2D eigenvalue weighted by atomic mass is 35.5. The second kappa shape index (κ2) is 3.24. The molecule has 1 aliphatic heterocycles. The molecule has 0 saturated heterocycles. The number of ether oxygens (including phenoxy) is 1. The molecule has 4 nitrogen and oxygen atoms in total. The molecule has 1 unspecified atom stereocenters. The van der Waals surface area contributed by atoms with Crippen LogP contribution in [-0.2, 0) is 6.42 Å². The van der Waals surface area contributed by atoms with Crippen LogP contribution in [0.2, 0.25) is 5.35 Å². The maximum absolute atomic E-state index is 5.66. The quantitative estimate of drug-likeness (QED) is 0.744. The van der Waals surface area contributed by atoms with Gasteiger partial charge in [-0.1, -0.05) is 23.4 Å². The first-order valence-corrected chi connectivity index (χ1v) is 4.94. The first-order valence-electron chi connectivity index (χ1n) is 4.56. The number of aromatic nitrogens is 2. The Morgan fingerprint density at radius 2 is 2.20 bits per heavy atom. The highest BCUT2D eigenvalue weighted by Gasteiger charge is 2.27. The lowest BCUT2D eigenvalue weighted by molar-refractivity contribution is 0.221. The molecule has 0 N–H and O–H groups in total. The fourth-order valence-corrected chi connectivity index (χ4v) is 1.79. The zero-order valence-corrected chi connectivity index (χ0v) is 8.44. The van der Waals surface area contributed by atoms with Crippen molar-refractivity contribution >= 4 is 11.6 Å². The summed E-state index contributed by atoms with van der Waals surface area (Å²) in [5.41, 5.74) is 1.16. The van der Waals surface area contributed by atoms with E-state index < -0.39 is 0 Å². The minimum absolute atomic E-state index is 0.0459. The van der Waals surface area contributed by atoms with Gasteiger partial charge in [-0.15, -0.1) is 0 Å². The van der Waals surface area contributed by atoms with Crippen molar-refractivity contribution in [2.45, 2.75) is 12.5 Å². The topological polar surface area (TPSA) is 48.2 Å². The van der Waals surface area contributed by atoms with Gasteiger partial charge in [0.1, 0.15) is 5.75 Å². The molecule has 0 radical (unpaired) electrons. The largest absolute Gasteiger partial charge is 0.482 e. The van der Waals surface area contributed by atoms with Crippen molar-refractivity contribution in [2.75, 3.05) is 0 Å². The van der Waals surface area contributed by atoms with E-state index >= 15 is 0 Å². The number of para-hydroxylation sites is 1. The van der Waals surface area contributed by atoms with Crippen LogP contribution in [0.3, 0.4) is 0 Å². The third-order valence-electron chi connectivity index (χ3n) is 2.35. The number of hydrogen-bond acceptors (Lipinski definition) is 4. The Hall–Kier alpha value is -1.55. The van der Waals surface area contributed by atoms with Crippen molar-refractivity contribution in [3.63, 3.8) is 0 Å². The summed E-state index contributed by atoms with van der Waals surface area (Å²) in [6.07, 6.45) is 0.574. The Morgan fingerprint density at radius 3 is 2.93 bits per heavy atom. The lowest BCUT2D eigenvalue weighted by Crippen LogP contribution is -2.04. The van der Waals surface area contributed by atoms with E-state index in [4.69, 9.17) is 20.9 Å². The Balaban J connectivity index is 1.90. The van der Waals surface area contributed by atoms with Crippen LogP contribution in [0.1, 0.15) is 17.5 Å². The van der Waals surface area contributed by atoms with Gasteiger partial charge in [-0.3, -0.25) is 0 Å². The number of benzene rings is 1. The summed E-state index contributed by atoms with van der Waals surface area (Å²) in [5.74, 6) is 1.37. The number of rotatable bonds is 1. The molecule has 0 spiro atoms. The number of fused-ring (bicyclic) bond motifs is 1. The molecular weight excluding hydrogens is 216 g/mol. The second-order valence-corrected chi connectivity index (χ2v) is 3.65. The standard InChI is InChI=1S/C10H7ClN2O2/c11-10-12-9(13-15-10)8-5-6-3-1-2-4-7(6)14-8/h1-4,8H,5H2. The van der Waals surface area contributed by atoms with Gasteiger partial charge >= 0.3 is 5.35 Å². The number of hydrogen-bond donors (Lipinski definition) is 0. The van der Waals surface area contributed by atoms with Crippen LogP contribution in [-0.4, -0.2) is 10.1 Å². The third kappa shape index (κ3) is 1.47. The predicted octanol–water partition coefficient (Wildman–Crippen LogP) is 2.40. The van der Waals surface area contributed by atoms with E-state index in [1.54, 1.807) is 0 Å². The monoisotopic (exact) mass is 222 g/mol. The van der Waals surface area contributed by atoms with Crippen molar-refractivity contribution < 1.29 is 9.26 Å². The fraction of sp³-hybridized carbons (Fsp3) is 0.200. The summed E-state index contributed by atoms with van der Waals surface area (Å²) in [7, 11) is 0. The van der Waals surface area contributed by atoms with E-state index in [9.17, 15) is 0 Å². The Kier molecular flexibility index (Phi) is 1.89. The summed E-state index contributed by atoms with van der Waals surface area (Å²) < 4.78 is 10.4. The molecule has 1 aromatic carbocycles. The van der Waals surface area contributed by atoms with Gasteiger partial charge in [0.05, 0.1) is 0 Å². The molecule has 3 rings (SSSR count). The van der Waals surface area contributed by atoms with E-state index in [-0.39, 0.29) is 11.5 Å². The second-order valence-electron chi connectivity index (χ2n) is 3.32. The maximum atomic E-state index is 5.66. The Morgan fingerprint density at radius 1 is 1.33 bits per heavy atom. The van der Waals surface area contributed by atoms with Crippen molar-refractivity contribution in [1.82, 2.24) is 10.1 Å². The van der Waals surface area contributed by atoms with E-state index in [1.807, 2.05) is 24.3 Å². The van der Waals surface area contributed by atoms with Crippen LogP contribution in [0.5, 0.6) is 5.75 Å². The first-order chi connectivity index (χ1) is 7.33. The fourth-order valence-electron chi connectivity index (χ4n) is 1.67. The minimum Gasteiger partial charge on any atom is -0.482 e. The van der Waals surface area contributed by atoms with E-state index in [2.05, 4.69) is 10.1 Å². The lowest BCUT2D eigenvalue weighted by Gasteiger charge is -2.03. The van der Waals surface area contributed by atoms with Gasteiger partial charge in [0, 0.05) is 6.42 Å². The predicted molar refractivity (Wildman–Crippen MR) is 52.8 cm³/mol. The number of nitrogens with zero attached hydrogens (tertiary/aromatic N) is 2. The first kappa shape index (κ1) is 8.73. The zero-order valence-electron chi connectivity index (χ0n) is 7.68. The molecule has 1 atom stereocenters. The highest BCUT2D eigenvalue weighted by Crippen LogP contribution is 2.35. The van der Waals surface area contributed by atoms with Crippen LogP contribution in [0, 0.1) is 0 Å². The van der Waals surface area contributed by atoms with Gasteiger partial charge in [0.15, 0.2) is 6.10 Å². The van der Waals surface area contributed by atoms with Gasteiger partial charge in [0.25, 0.3) is 0 Å². The Bertz CT molecular complexity index is 473. The van der Waals surface area contributed by atoms with Crippen molar-refractivity contribution in [2.24, 2.45) is 0 Å². The molecule has 0 aliphatic carbocycles. The molecule has 15 heavy (non-hydrogen) atoms. The summed E-state index contributed by atoms with van der Waals surface area (Å²) in [6.45, 7) is 0. The van der Waals surface area contributed by atoms with Gasteiger partial charge in [-0.2, -0.15) is 4.98 Å². The van der Waals surface area contributed by atoms with E-state index in [0.717, 1.165) is 17.7 Å². The molecule has 1 aliphatic rings. The average molecular weight is 223 g/mol. The summed E-state index contributed by atoms with van der Waals surface area (Å²) in [6, 6.07) is 7.87. The van der Waals surface area contributed by atoms with Gasteiger partial charge in [0.2, 0.25) is 5.82 Å². The van der Waals surface area contributed by atoms with Crippen molar-refractivity contribution in [1.29, 1.82) is 0 Å². The van der Waals surface area contributed by atoms with Crippen LogP contribution in [0.15, 0.2) is 28.8 Å². The summed E-state index contributed by atoms with van der Waals surface area (Å²) in [4.78, 5) is 3.94. The molecule has 5 heteroatoms. The maximum Gasteiger partial charge on any atom is 0.320 e. The molecule has 0 amide bonds. The molecule has 76 valence electrons. The lowest BCUT2D eigenvalue weighted by atomic mass is 10.1. The number of halogens is 1. The SMILES string of the molecule is Clc1nc(C2Cc3ccccc3O2)no1.